The number of rotatable bonds is 10. The number of carbonyl (C=O) groups is 1. The lowest BCUT2D eigenvalue weighted by atomic mass is 10.1. The van der Waals surface area contributed by atoms with Gasteiger partial charge in [-0.1, -0.05) is 0 Å². The average molecular weight is 295 g/mol. The molecule has 1 aromatic rings. The van der Waals surface area contributed by atoms with Gasteiger partial charge in [0.1, 0.15) is 0 Å². The van der Waals surface area contributed by atoms with Crippen LogP contribution in [0.25, 0.3) is 0 Å². The molecule has 6 nitrogen and oxygen atoms in total. The summed E-state index contributed by atoms with van der Waals surface area (Å²) in [6, 6.07) is 5.23. The van der Waals surface area contributed by atoms with Crippen LogP contribution >= 0.6 is 0 Å². The largest absolute Gasteiger partial charge is 0.397 e. The number of nitrogens with two attached hydrogens (primary N) is 1. The highest BCUT2D eigenvalue weighted by Gasteiger charge is 2.07. The van der Waals surface area contributed by atoms with Crippen LogP contribution in [0.2, 0.25) is 0 Å². The molecule has 0 aliphatic carbocycles. The number of benzene rings is 1. The second-order valence-electron chi connectivity index (χ2n) is 4.55. The number of hydrogen-bond acceptors (Lipinski definition) is 5. The molecule has 1 rings (SSSR count). The second kappa shape index (κ2) is 10.0. The molecule has 0 unspecified atom stereocenters. The van der Waals surface area contributed by atoms with Crippen LogP contribution in [-0.4, -0.2) is 45.9 Å². The van der Waals surface area contributed by atoms with Crippen LogP contribution in [0.15, 0.2) is 18.2 Å². The third-order valence-electron chi connectivity index (χ3n) is 2.87. The van der Waals surface area contributed by atoms with Crippen molar-refractivity contribution in [1.29, 1.82) is 0 Å². The second-order valence-corrected chi connectivity index (χ2v) is 4.55. The third kappa shape index (κ3) is 6.46. The molecular formula is C15H25N3O3. The van der Waals surface area contributed by atoms with Crippen molar-refractivity contribution in [2.75, 3.05) is 51.1 Å². The van der Waals surface area contributed by atoms with Gasteiger partial charge in [-0.05, 0) is 31.5 Å². The monoisotopic (exact) mass is 295 g/mol. The lowest BCUT2D eigenvalue weighted by molar-refractivity contribution is 0.0705. The van der Waals surface area contributed by atoms with Crippen molar-refractivity contribution in [3.63, 3.8) is 0 Å². The van der Waals surface area contributed by atoms with Crippen molar-refractivity contribution in [3.8, 4) is 0 Å². The molecule has 0 bridgehead atoms. The molecule has 0 fully saturated rings. The molecule has 0 atom stereocenters. The van der Waals surface area contributed by atoms with Gasteiger partial charge >= 0.3 is 0 Å². The molecule has 0 heterocycles. The summed E-state index contributed by atoms with van der Waals surface area (Å²) in [5.41, 5.74) is 7.91. The highest BCUT2D eigenvalue weighted by Crippen LogP contribution is 2.20. The molecule has 1 aromatic carbocycles. The van der Waals surface area contributed by atoms with Gasteiger partial charge in [-0.2, -0.15) is 0 Å². The number of ether oxygens (including phenoxy) is 2. The van der Waals surface area contributed by atoms with Crippen molar-refractivity contribution >= 4 is 17.3 Å². The molecule has 6 heteroatoms. The van der Waals surface area contributed by atoms with E-state index in [9.17, 15) is 4.79 Å². The van der Waals surface area contributed by atoms with Gasteiger partial charge in [0.2, 0.25) is 0 Å². The van der Waals surface area contributed by atoms with Crippen molar-refractivity contribution in [2.45, 2.75) is 13.3 Å². The highest BCUT2D eigenvalue weighted by atomic mass is 16.5. The van der Waals surface area contributed by atoms with Gasteiger partial charge in [0.15, 0.2) is 0 Å². The smallest absolute Gasteiger partial charge is 0.251 e. The predicted octanol–water partition coefficient (Wildman–Crippen LogP) is 1.48. The van der Waals surface area contributed by atoms with Crippen LogP contribution in [-0.2, 0) is 9.47 Å². The first-order valence-electron chi connectivity index (χ1n) is 7.17. The quantitative estimate of drug-likeness (QED) is 0.450. The van der Waals surface area contributed by atoms with Gasteiger partial charge < -0.3 is 25.8 Å². The molecule has 21 heavy (non-hydrogen) atoms. The maximum atomic E-state index is 11.8. The summed E-state index contributed by atoms with van der Waals surface area (Å²) in [5, 5.41) is 5.99. The van der Waals surface area contributed by atoms with Crippen LogP contribution < -0.4 is 16.4 Å². The number of nitrogens with one attached hydrogen (secondary N) is 2. The Balaban J connectivity index is 2.40. The molecule has 0 saturated carbocycles. The van der Waals surface area contributed by atoms with Gasteiger partial charge in [-0.15, -0.1) is 0 Å². The number of nitrogen functional groups attached to an aromatic ring is 1. The van der Waals surface area contributed by atoms with Gasteiger partial charge in [0.25, 0.3) is 5.91 Å². The summed E-state index contributed by atoms with van der Waals surface area (Å²) in [7, 11) is 1.65. The van der Waals surface area contributed by atoms with Crippen molar-refractivity contribution in [3.05, 3.63) is 23.8 Å². The van der Waals surface area contributed by atoms with E-state index >= 15 is 0 Å². The van der Waals surface area contributed by atoms with Crippen molar-refractivity contribution in [2.24, 2.45) is 0 Å². The molecule has 0 aliphatic heterocycles. The minimum atomic E-state index is -0.0940. The third-order valence-corrected chi connectivity index (χ3v) is 2.87. The summed E-state index contributed by atoms with van der Waals surface area (Å²) in [5.74, 6) is -0.0940. The van der Waals surface area contributed by atoms with E-state index < -0.39 is 0 Å². The van der Waals surface area contributed by atoms with E-state index in [4.69, 9.17) is 15.2 Å². The van der Waals surface area contributed by atoms with Gasteiger partial charge in [-0.3, -0.25) is 4.79 Å². The zero-order valence-electron chi connectivity index (χ0n) is 12.8. The Bertz CT molecular complexity index is 438. The first-order chi connectivity index (χ1) is 10.2. The summed E-state index contributed by atoms with van der Waals surface area (Å²) in [6.45, 7) is 5.09. The zero-order valence-corrected chi connectivity index (χ0v) is 12.8. The molecule has 118 valence electrons. The number of amides is 1. The summed E-state index contributed by atoms with van der Waals surface area (Å²) in [4.78, 5) is 11.8. The maximum Gasteiger partial charge on any atom is 0.251 e. The summed E-state index contributed by atoms with van der Waals surface area (Å²) in [6.07, 6.45) is 0.856. The standard InChI is InChI=1S/C15H25N3O3/c1-3-17-15(19)12-5-6-13(16)14(11-12)18-7-4-8-21-10-9-20-2/h5-6,11,18H,3-4,7-10,16H2,1-2H3,(H,17,19). The van der Waals surface area contributed by atoms with Crippen LogP contribution in [0.4, 0.5) is 11.4 Å². The van der Waals surface area contributed by atoms with Crippen LogP contribution in [0.1, 0.15) is 23.7 Å². The lowest BCUT2D eigenvalue weighted by Crippen LogP contribution is -2.22. The van der Waals surface area contributed by atoms with Crippen molar-refractivity contribution in [1.82, 2.24) is 5.32 Å². The maximum absolute atomic E-state index is 11.8. The SMILES string of the molecule is CCNC(=O)c1ccc(N)c(NCCCOCCOC)c1. The highest BCUT2D eigenvalue weighted by molar-refractivity contribution is 5.96. The topological polar surface area (TPSA) is 85.6 Å². The normalized spacial score (nSPS) is 10.4. The van der Waals surface area contributed by atoms with Crippen LogP contribution in [0.5, 0.6) is 0 Å². The average Bonchev–Trinajstić information content (AvgIpc) is 2.48. The van der Waals surface area contributed by atoms with E-state index in [1.54, 1.807) is 25.3 Å². The Morgan fingerprint density at radius 3 is 2.81 bits per heavy atom. The Labute approximate surface area is 126 Å². The Morgan fingerprint density at radius 2 is 2.10 bits per heavy atom. The number of methoxy groups -OCH3 is 1. The zero-order chi connectivity index (χ0) is 15.5. The Morgan fingerprint density at radius 1 is 1.29 bits per heavy atom. The predicted molar refractivity (Wildman–Crippen MR) is 84.7 cm³/mol. The number of anilines is 2. The molecule has 0 saturated heterocycles. The van der Waals surface area contributed by atoms with Crippen LogP contribution in [0, 0.1) is 0 Å². The van der Waals surface area contributed by atoms with Gasteiger partial charge in [-0.25, -0.2) is 0 Å². The fourth-order valence-corrected chi connectivity index (χ4v) is 1.75. The van der Waals surface area contributed by atoms with E-state index in [0.717, 1.165) is 18.7 Å². The van der Waals surface area contributed by atoms with Crippen molar-refractivity contribution < 1.29 is 14.3 Å². The first-order valence-corrected chi connectivity index (χ1v) is 7.17. The summed E-state index contributed by atoms with van der Waals surface area (Å²) < 4.78 is 10.3. The number of hydrogen-bond donors (Lipinski definition) is 3. The van der Waals surface area contributed by atoms with E-state index in [1.807, 2.05) is 6.92 Å². The van der Waals surface area contributed by atoms with E-state index in [-0.39, 0.29) is 5.91 Å². The molecule has 1 amide bonds. The molecule has 0 aromatic heterocycles. The first kappa shape index (κ1) is 17.3. The summed E-state index contributed by atoms with van der Waals surface area (Å²) >= 11 is 0. The van der Waals surface area contributed by atoms with E-state index in [0.29, 0.717) is 37.6 Å². The lowest BCUT2D eigenvalue weighted by Gasteiger charge is -2.11. The van der Waals surface area contributed by atoms with Crippen LogP contribution in [0.3, 0.4) is 0 Å². The molecule has 4 N–H and O–H groups in total. The Hall–Kier alpha value is -1.79. The molecule has 0 radical (unpaired) electrons. The van der Waals surface area contributed by atoms with Gasteiger partial charge in [0, 0.05) is 32.4 Å². The van der Waals surface area contributed by atoms with Gasteiger partial charge in [0.05, 0.1) is 24.6 Å². The number of carbonyl (C=O) groups excluding carboxylic acids is 1. The van der Waals surface area contributed by atoms with E-state index in [2.05, 4.69) is 10.6 Å². The minimum absolute atomic E-state index is 0.0940. The fourth-order valence-electron chi connectivity index (χ4n) is 1.75. The van der Waals surface area contributed by atoms with E-state index in [1.165, 1.54) is 0 Å². The molecule has 0 spiro atoms. The fraction of sp³-hybridized carbons (Fsp3) is 0.533. The minimum Gasteiger partial charge on any atom is -0.397 e. The molecular weight excluding hydrogens is 270 g/mol. The Kier molecular flexibility index (Phi) is 8.23. The molecule has 0 aliphatic rings.